The molecule has 12 aliphatic rings. The average molecular weight is 1390 g/mol. The van der Waals surface area contributed by atoms with Crippen LogP contribution in [-0.2, 0) is 66.3 Å². The average Bonchev–Trinajstić information content (AvgIpc) is 1.50. The van der Waals surface area contributed by atoms with Gasteiger partial charge in [-0.05, 0) is 73.0 Å². The first-order valence-corrected chi connectivity index (χ1v) is 33.6. The minimum absolute atomic E-state index is 0.0662. The lowest BCUT2D eigenvalue weighted by Crippen LogP contribution is -2.68. The summed E-state index contributed by atoms with van der Waals surface area (Å²) < 4.78 is 84.7. The van der Waals surface area contributed by atoms with Crippen molar-refractivity contribution in [1.82, 2.24) is 0 Å². The first kappa shape index (κ1) is 74.1. The van der Waals surface area contributed by atoms with Gasteiger partial charge in [-0.2, -0.15) is 0 Å². The minimum atomic E-state index is -2.06. The van der Waals surface area contributed by atoms with Crippen molar-refractivity contribution in [2.24, 2.45) is 46.3 Å². The molecule has 11 fully saturated rings. The quantitative estimate of drug-likeness (QED) is 0.0601. The van der Waals surface area contributed by atoms with Crippen molar-refractivity contribution >= 4 is 0 Å². The van der Waals surface area contributed by atoms with Crippen molar-refractivity contribution in [3.8, 4) is 0 Å². The van der Waals surface area contributed by atoms with Crippen LogP contribution in [0, 0.1) is 46.3 Å². The third-order valence-electron chi connectivity index (χ3n) is 23.8. The molecule has 0 aromatic carbocycles. The van der Waals surface area contributed by atoms with E-state index in [1.54, 1.807) is 0 Å². The van der Waals surface area contributed by atoms with Gasteiger partial charge in [0.15, 0.2) is 43.5 Å². The molecule has 3 saturated carbocycles. The van der Waals surface area contributed by atoms with Crippen LogP contribution in [0.3, 0.4) is 0 Å². The Balaban J connectivity index is 0.684. The number of hydrogen-bond acceptors (Lipinski definition) is 34. The van der Waals surface area contributed by atoms with Crippen LogP contribution in [0.25, 0.3) is 0 Å². The van der Waals surface area contributed by atoms with Gasteiger partial charge in [0.1, 0.15) is 140 Å². The maximum absolute atomic E-state index is 12.1. The fourth-order valence-corrected chi connectivity index (χ4v) is 18.2. The molecule has 42 atom stereocenters. The molecule has 2 unspecified atom stereocenters. The zero-order valence-electron chi connectivity index (χ0n) is 53.7. The van der Waals surface area contributed by atoms with E-state index in [2.05, 4.69) is 26.8 Å². The van der Waals surface area contributed by atoms with Gasteiger partial charge >= 0.3 is 0 Å². The third kappa shape index (κ3) is 13.1. The Kier molecular flexibility index (Phi) is 22.5. The lowest BCUT2D eigenvalue weighted by molar-refractivity contribution is -0.401. The van der Waals surface area contributed by atoms with E-state index in [0.29, 0.717) is 0 Å². The van der Waals surface area contributed by atoms with Crippen LogP contribution >= 0.6 is 0 Å². The van der Waals surface area contributed by atoms with Gasteiger partial charge < -0.3 is 168 Å². The van der Waals surface area contributed by atoms with Crippen LogP contribution in [0.4, 0.5) is 0 Å². The highest BCUT2D eigenvalue weighted by atomic mass is 16.8. The number of allylic oxidation sites excluding steroid dienone is 1. The lowest BCUT2D eigenvalue weighted by atomic mass is 9.46. The van der Waals surface area contributed by atoms with E-state index in [1.807, 2.05) is 6.92 Å². The Morgan fingerprint density at radius 3 is 1.62 bits per heavy atom. The highest BCUT2D eigenvalue weighted by Crippen LogP contribution is 2.71. The number of fused-ring (bicyclic) bond motifs is 7. The summed E-state index contributed by atoms with van der Waals surface area (Å²) in [6.07, 6.45) is -47.1. The lowest BCUT2D eigenvalue weighted by Gasteiger charge is -2.59. The molecule has 0 aromatic heterocycles. The van der Waals surface area contributed by atoms with Crippen molar-refractivity contribution < 1.29 is 168 Å². The number of aliphatic hydroxyl groups is 20. The number of aliphatic hydroxyl groups excluding tert-OH is 20. The molecule has 0 bridgehead atoms. The second-order valence-corrected chi connectivity index (χ2v) is 29.4. The Bertz CT molecular complexity index is 2610. The Labute approximate surface area is 552 Å². The number of rotatable bonds is 17. The summed E-state index contributed by atoms with van der Waals surface area (Å²) in [5.41, 5.74) is 0.368. The second kappa shape index (κ2) is 29.1. The maximum atomic E-state index is 12.1. The molecule has 96 heavy (non-hydrogen) atoms. The predicted molar refractivity (Wildman–Crippen MR) is 310 cm³/mol. The molecule has 8 heterocycles. The van der Waals surface area contributed by atoms with Crippen molar-refractivity contribution in [3.63, 3.8) is 0 Å². The Morgan fingerprint density at radius 2 is 0.990 bits per heavy atom. The fraction of sp³-hybridized carbons (Fsp3) is 0.968. The SMILES string of the molecule is CC1CO[C@]2(CC1O[C@@H]1O[C@H](CO[C@@H]3O[C@H](CO)[C@@H](O)[C@H](O)[C@H]3O)[C@@H](O)[C@H](O)[C@H]1O)O[C@H]1C[C@H]3[C@@H]4CC=C5C[C@@H](O[C@@H]6O[C@H](CO)[C@H](O[C@@H]7O[C@H](CO)[C@@H](O[C@@H]8OC[C@@H](O)[C@H](O)[C@H]8O)[C@H](O)[C@H]7O[C@@H]7O[C@H](CO)[C@@H](O)[C@H](O)[C@H]7O)[C@H](O)[C@H]6O)[C@H](O)C[C@]5(C)[C@H]4CC[C@]3(C)[C@H]1[C@@H]2C. The van der Waals surface area contributed by atoms with Crippen molar-refractivity contribution in [2.45, 2.75) is 281 Å². The Morgan fingerprint density at radius 1 is 0.479 bits per heavy atom. The first-order chi connectivity index (χ1) is 45.5. The van der Waals surface area contributed by atoms with Crippen LogP contribution in [-0.4, -0.2) is 357 Å². The van der Waals surface area contributed by atoms with Gasteiger partial charge in [-0.15, -0.1) is 0 Å². The molecule has 0 aromatic rings. The van der Waals surface area contributed by atoms with E-state index in [0.717, 1.165) is 31.3 Å². The largest absolute Gasteiger partial charge is 0.394 e. The maximum Gasteiger partial charge on any atom is 0.187 e. The van der Waals surface area contributed by atoms with E-state index >= 15 is 0 Å². The summed E-state index contributed by atoms with van der Waals surface area (Å²) in [6, 6.07) is 0. The van der Waals surface area contributed by atoms with E-state index in [9.17, 15) is 102 Å². The zero-order valence-corrected chi connectivity index (χ0v) is 53.7. The summed E-state index contributed by atoms with van der Waals surface area (Å²) in [5, 5.41) is 216. The van der Waals surface area contributed by atoms with E-state index in [4.69, 9.17) is 66.3 Å². The minimum Gasteiger partial charge on any atom is -0.394 e. The van der Waals surface area contributed by atoms with Gasteiger partial charge in [-0.1, -0.05) is 39.3 Å². The molecule has 0 amide bonds. The molecule has 34 heteroatoms. The van der Waals surface area contributed by atoms with Crippen LogP contribution in [0.2, 0.25) is 0 Å². The van der Waals surface area contributed by atoms with Gasteiger partial charge in [-0.3, -0.25) is 0 Å². The molecule has 34 nitrogen and oxygen atoms in total. The summed E-state index contributed by atoms with van der Waals surface area (Å²) in [5.74, 6) is -0.823. The van der Waals surface area contributed by atoms with Crippen molar-refractivity contribution in [3.05, 3.63) is 11.6 Å². The molecular weight excluding hydrogens is 1290 g/mol. The van der Waals surface area contributed by atoms with Gasteiger partial charge in [0.2, 0.25) is 0 Å². The normalized spacial score (nSPS) is 56.8. The van der Waals surface area contributed by atoms with Crippen LogP contribution < -0.4 is 0 Å². The standard InChI is InChI=1S/C62H100O34/c1-20-17-85-62(12-30(20)87-56-47(79)43(75)40(72)35(92-56)19-84-54-46(78)41(73)38(70)31(13-63)88-54)21(2)36-29(96-62)10-25-23-6-5-22-9-28(26(67)11-61(22,4)24(23)7-8-60(25,36)3)86-57-49(81)44(76)51(33(15-65)90-57)94-59-53(95-58-48(80)42(74)39(71)32(14-64)89-58)50(82)52(34(16-66)91-59)93-55-45(77)37(69)27(68)18-83-55/h5,20-21,23-59,63-82H,6-19H2,1-4H3/t20?,21-,23+,24-,25-,26+,27+,28+,29-,30?,31+,32+,33+,34+,35+,36-,37-,38+,39+,40+,41-,42-,43-,44+,45+,46+,47+,48+,49+,50-,51-,52+,53+,54+,55-,56+,57+,58-,59-,60-,61-,62+/m0/s1. The van der Waals surface area contributed by atoms with Crippen LogP contribution in [0.5, 0.6) is 0 Å². The first-order valence-electron chi connectivity index (χ1n) is 33.6. The molecule has 12 rings (SSSR count). The van der Waals surface area contributed by atoms with Gasteiger partial charge in [-0.25, -0.2) is 0 Å². The fourth-order valence-electron chi connectivity index (χ4n) is 18.2. The molecular formula is C62H100O34. The van der Waals surface area contributed by atoms with Gasteiger partial charge in [0.25, 0.3) is 0 Å². The molecule has 8 aliphatic heterocycles. The predicted octanol–water partition coefficient (Wildman–Crippen LogP) is -8.76. The van der Waals surface area contributed by atoms with Crippen molar-refractivity contribution in [1.29, 1.82) is 0 Å². The Hall–Kier alpha value is -1.62. The summed E-state index contributed by atoms with van der Waals surface area (Å²) in [4.78, 5) is 0. The molecule has 20 N–H and O–H groups in total. The van der Waals surface area contributed by atoms with E-state index in [1.165, 1.54) is 0 Å². The van der Waals surface area contributed by atoms with Gasteiger partial charge in [0.05, 0.1) is 70.7 Å². The smallest absolute Gasteiger partial charge is 0.187 e. The highest BCUT2D eigenvalue weighted by Gasteiger charge is 2.70. The number of hydrogen-bond donors (Lipinski definition) is 20. The number of ether oxygens (including phenoxy) is 14. The van der Waals surface area contributed by atoms with Gasteiger partial charge in [0, 0.05) is 18.3 Å². The third-order valence-corrected chi connectivity index (χ3v) is 23.8. The van der Waals surface area contributed by atoms with E-state index < -0.39 is 247 Å². The monoisotopic (exact) mass is 1390 g/mol. The highest BCUT2D eigenvalue weighted by molar-refractivity contribution is 5.28. The van der Waals surface area contributed by atoms with Crippen molar-refractivity contribution in [2.75, 3.05) is 46.2 Å². The molecule has 0 radical (unpaired) electrons. The van der Waals surface area contributed by atoms with E-state index in [-0.39, 0.29) is 72.9 Å². The molecule has 552 valence electrons. The molecule has 8 saturated heterocycles. The second-order valence-electron chi connectivity index (χ2n) is 29.4. The summed E-state index contributed by atoms with van der Waals surface area (Å²) >= 11 is 0. The molecule has 4 aliphatic carbocycles. The topological polar surface area (TPSA) is 534 Å². The summed E-state index contributed by atoms with van der Waals surface area (Å²) in [6.45, 7) is 4.33. The zero-order chi connectivity index (χ0) is 69.1. The van der Waals surface area contributed by atoms with Crippen LogP contribution in [0.1, 0.15) is 72.6 Å². The summed E-state index contributed by atoms with van der Waals surface area (Å²) in [7, 11) is 0. The van der Waals surface area contributed by atoms with Crippen LogP contribution in [0.15, 0.2) is 11.6 Å². The molecule has 1 spiro atoms.